The molecule has 0 radical (unpaired) electrons. The minimum atomic E-state index is -0.431. The molecule has 1 N–H and O–H groups in total. The number of amides is 1. The van der Waals surface area contributed by atoms with Crippen molar-refractivity contribution < 1.29 is 18.7 Å². The van der Waals surface area contributed by atoms with Crippen molar-refractivity contribution in [1.29, 1.82) is 0 Å². The standard InChI is InChI=1S/C24H25N5O5S/c1-32-15-8-9-16(18(13-15)33-2)25-19(30)14-29-23(31)21-22(20(27-29)17-7-6-12-34-17)35-24(26-21)28-10-4-3-5-11-28/h6-9,12-13H,3-5,10-11,14H2,1-2H3,(H,25,30). The van der Waals surface area contributed by atoms with E-state index >= 15 is 0 Å². The van der Waals surface area contributed by atoms with Crippen LogP contribution in [0.3, 0.4) is 0 Å². The molecule has 1 aliphatic heterocycles. The van der Waals surface area contributed by atoms with Crippen LogP contribution in [-0.2, 0) is 11.3 Å². The van der Waals surface area contributed by atoms with Gasteiger partial charge in [0, 0.05) is 19.2 Å². The molecule has 0 unspecified atom stereocenters. The Labute approximate surface area is 205 Å². The first-order valence-corrected chi connectivity index (χ1v) is 12.1. The molecule has 182 valence electrons. The molecule has 0 bridgehead atoms. The maximum atomic E-state index is 13.3. The fourth-order valence-corrected chi connectivity index (χ4v) is 5.18. The van der Waals surface area contributed by atoms with E-state index in [1.165, 1.54) is 24.9 Å². The van der Waals surface area contributed by atoms with Gasteiger partial charge in [0.1, 0.15) is 23.7 Å². The Kier molecular flexibility index (Phi) is 6.41. The van der Waals surface area contributed by atoms with Gasteiger partial charge < -0.3 is 24.1 Å². The SMILES string of the molecule is COc1ccc(NC(=O)Cn2nc(-c3ccco3)c3sc(N4CCCCC4)nc3c2=O)c(OC)c1. The molecule has 1 aliphatic rings. The Hall–Kier alpha value is -3.86. The Balaban J connectivity index is 1.50. The van der Waals surface area contributed by atoms with Crippen LogP contribution in [0.1, 0.15) is 19.3 Å². The number of nitrogens with one attached hydrogen (secondary N) is 1. The van der Waals surface area contributed by atoms with Crippen LogP contribution in [0, 0.1) is 0 Å². The van der Waals surface area contributed by atoms with Crippen molar-refractivity contribution in [3.8, 4) is 23.0 Å². The number of fused-ring (bicyclic) bond motifs is 1. The van der Waals surface area contributed by atoms with E-state index in [0.29, 0.717) is 33.3 Å². The molecule has 1 fully saturated rings. The van der Waals surface area contributed by atoms with Crippen LogP contribution in [0.5, 0.6) is 11.5 Å². The predicted octanol–water partition coefficient (Wildman–Crippen LogP) is 3.76. The molecule has 0 atom stereocenters. The number of piperidine rings is 1. The number of carbonyl (C=O) groups excluding carboxylic acids is 1. The molecule has 11 heteroatoms. The maximum absolute atomic E-state index is 13.3. The van der Waals surface area contributed by atoms with E-state index in [0.717, 1.165) is 35.7 Å². The monoisotopic (exact) mass is 495 g/mol. The first-order valence-electron chi connectivity index (χ1n) is 11.3. The quantitative estimate of drug-likeness (QED) is 0.413. The van der Waals surface area contributed by atoms with Gasteiger partial charge in [-0.1, -0.05) is 11.3 Å². The molecule has 0 aliphatic carbocycles. The molecule has 4 heterocycles. The van der Waals surface area contributed by atoms with Crippen LogP contribution < -0.4 is 25.2 Å². The van der Waals surface area contributed by atoms with E-state index in [1.807, 2.05) is 0 Å². The minimum absolute atomic E-state index is 0.284. The lowest BCUT2D eigenvalue weighted by Crippen LogP contribution is -2.31. The van der Waals surface area contributed by atoms with Gasteiger partial charge in [-0.2, -0.15) is 5.10 Å². The van der Waals surface area contributed by atoms with Crippen molar-refractivity contribution >= 4 is 38.3 Å². The Morgan fingerprint density at radius 1 is 1.17 bits per heavy atom. The molecule has 1 amide bonds. The van der Waals surface area contributed by atoms with Crippen LogP contribution in [0.15, 0.2) is 45.8 Å². The number of ether oxygens (including phenoxy) is 2. The molecule has 1 saturated heterocycles. The number of methoxy groups -OCH3 is 2. The third kappa shape index (κ3) is 4.59. The van der Waals surface area contributed by atoms with Crippen molar-refractivity contribution in [3.05, 3.63) is 46.9 Å². The molecule has 10 nitrogen and oxygen atoms in total. The van der Waals surface area contributed by atoms with Crippen molar-refractivity contribution in [3.63, 3.8) is 0 Å². The lowest BCUT2D eigenvalue weighted by molar-refractivity contribution is -0.117. The van der Waals surface area contributed by atoms with Gasteiger partial charge in [-0.15, -0.1) is 0 Å². The summed E-state index contributed by atoms with van der Waals surface area (Å²) in [6.07, 6.45) is 4.94. The summed E-state index contributed by atoms with van der Waals surface area (Å²) in [6, 6.07) is 8.58. The first-order chi connectivity index (χ1) is 17.1. The Morgan fingerprint density at radius 3 is 2.71 bits per heavy atom. The normalized spacial score (nSPS) is 13.7. The smallest absolute Gasteiger partial charge is 0.294 e. The number of benzene rings is 1. The molecule has 35 heavy (non-hydrogen) atoms. The first kappa shape index (κ1) is 22.9. The zero-order valence-corrected chi connectivity index (χ0v) is 20.3. The zero-order valence-electron chi connectivity index (χ0n) is 19.4. The van der Waals surface area contributed by atoms with Crippen LogP contribution in [0.2, 0.25) is 0 Å². The number of hydrogen-bond acceptors (Lipinski definition) is 9. The number of hydrogen-bond donors (Lipinski definition) is 1. The summed E-state index contributed by atoms with van der Waals surface area (Å²) in [5.74, 6) is 1.11. The highest BCUT2D eigenvalue weighted by atomic mass is 32.1. The van der Waals surface area contributed by atoms with Crippen LogP contribution in [-0.4, -0.2) is 48.0 Å². The third-order valence-electron chi connectivity index (χ3n) is 5.85. The second kappa shape index (κ2) is 9.79. The van der Waals surface area contributed by atoms with Gasteiger partial charge in [-0.25, -0.2) is 9.67 Å². The average molecular weight is 496 g/mol. The van der Waals surface area contributed by atoms with Gasteiger partial charge in [0.15, 0.2) is 16.4 Å². The summed E-state index contributed by atoms with van der Waals surface area (Å²) in [6.45, 7) is 1.52. The molecule has 3 aromatic heterocycles. The lowest BCUT2D eigenvalue weighted by Gasteiger charge is -2.25. The maximum Gasteiger partial charge on any atom is 0.294 e. The topological polar surface area (TPSA) is 112 Å². The van der Waals surface area contributed by atoms with E-state index in [4.69, 9.17) is 13.9 Å². The minimum Gasteiger partial charge on any atom is -0.497 e. The molecule has 0 spiro atoms. The van der Waals surface area contributed by atoms with Gasteiger partial charge in [-0.3, -0.25) is 9.59 Å². The molecule has 5 rings (SSSR count). The third-order valence-corrected chi connectivity index (χ3v) is 6.97. The lowest BCUT2D eigenvalue weighted by atomic mass is 10.1. The van der Waals surface area contributed by atoms with Crippen molar-refractivity contribution in [1.82, 2.24) is 14.8 Å². The second-order valence-corrected chi connectivity index (χ2v) is 9.10. The highest BCUT2D eigenvalue weighted by Gasteiger charge is 2.23. The van der Waals surface area contributed by atoms with Crippen molar-refractivity contribution in [2.24, 2.45) is 0 Å². The van der Waals surface area contributed by atoms with Crippen LogP contribution >= 0.6 is 11.3 Å². The summed E-state index contributed by atoms with van der Waals surface area (Å²) in [5, 5.41) is 8.07. The van der Waals surface area contributed by atoms with Crippen LogP contribution in [0.4, 0.5) is 10.8 Å². The number of furan rings is 1. The average Bonchev–Trinajstić information content (AvgIpc) is 3.58. The molecule has 1 aromatic carbocycles. The number of thiazole rings is 1. The fourth-order valence-electron chi connectivity index (χ4n) is 4.08. The van der Waals surface area contributed by atoms with E-state index in [1.54, 1.807) is 43.7 Å². The summed E-state index contributed by atoms with van der Waals surface area (Å²) >= 11 is 1.43. The second-order valence-electron chi connectivity index (χ2n) is 8.12. The molecular weight excluding hydrogens is 470 g/mol. The summed E-state index contributed by atoms with van der Waals surface area (Å²) in [7, 11) is 3.05. The highest BCUT2D eigenvalue weighted by Crippen LogP contribution is 2.35. The number of nitrogens with zero attached hydrogens (tertiary/aromatic N) is 4. The van der Waals surface area contributed by atoms with E-state index < -0.39 is 11.5 Å². The molecular formula is C24H25N5O5S. The van der Waals surface area contributed by atoms with E-state index in [-0.39, 0.29) is 12.1 Å². The summed E-state index contributed by atoms with van der Waals surface area (Å²) < 4.78 is 17.9. The number of rotatable bonds is 7. The predicted molar refractivity (Wildman–Crippen MR) is 134 cm³/mol. The zero-order chi connectivity index (χ0) is 24.4. The van der Waals surface area contributed by atoms with Gasteiger partial charge in [0.05, 0.1) is 30.9 Å². The highest BCUT2D eigenvalue weighted by molar-refractivity contribution is 7.22. The van der Waals surface area contributed by atoms with Gasteiger partial charge >= 0.3 is 0 Å². The number of aromatic nitrogens is 3. The summed E-state index contributed by atoms with van der Waals surface area (Å²) in [4.78, 5) is 33.1. The number of carbonyl (C=O) groups is 1. The number of anilines is 2. The Morgan fingerprint density at radius 2 is 2.00 bits per heavy atom. The van der Waals surface area contributed by atoms with Gasteiger partial charge in [0.2, 0.25) is 5.91 Å². The molecule has 0 saturated carbocycles. The van der Waals surface area contributed by atoms with Gasteiger partial charge in [0.25, 0.3) is 5.56 Å². The van der Waals surface area contributed by atoms with Crippen molar-refractivity contribution in [2.45, 2.75) is 25.8 Å². The molecule has 4 aromatic rings. The Bertz CT molecular complexity index is 1410. The summed E-state index contributed by atoms with van der Waals surface area (Å²) in [5.41, 5.74) is 0.804. The fraction of sp³-hybridized carbons (Fsp3) is 0.333. The van der Waals surface area contributed by atoms with E-state index in [9.17, 15) is 9.59 Å². The van der Waals surface area contributed by atoms with Crippen LogP contribution in [0.25, 0.3) is 21.7 Å². The van der Waals surface area contributed by atoms with Gasteiger partial charge in [-0.05, 0) is 43.5 Å². The van der Waals surface area contributed by atoms with E-state index in [2.05, 4.69) is 20.3 Å². The largest absolute Gasteiger partial charge is 0.497 e. The van der Waals surface area contributed by atoms with Crippen molar-refractivity contribution in [2.75, 3.05) is 37.5 Å².